The monoisotopic (exact) mass is 207 g/mol. The van der Waals surface area contributed by atoms with E-state index in [-0.39, 0.29) is 5.82 Å². The van der Waals surface area contributed by atoms with E-state index < -0.39 is 0 Å². The molecule has 80 valence electrons. The molecule has 0 aliphatic heterocycles. The standard InChI is InChI=1S/C11H14FN3/c1-2-15-11(5-6-13)9-7-8(12)3-4-10(9)14-15/h3-4,7H,2,5-6,13H2,1H3. The fourth-order valence-electron chi connectivity index (χ4n) is 1.82. The number of hydrogen-bond acceptors (Lipinski definition) is 2. The second-order valence-electron chi connectivity index (χ2n) is 3.46. The Morgan fingerprint density at radius 3 is 2.93 bits per heavy atom. The van der Waals surface area contributed by atoms with Crippen molar-refractivity contribution in [2.24, 2.45) is 5.73 Å². The average molecular weight is 207 g/mol. The number of benzene rings is 1. The predicted molar refractivity (Wildman–Crippen MR) is 58.1 cm³/mol. The summed E-state index contributed by atoms with van der Waals surface area (Å²) in [5, 5.41) is 5.26. The zero-order valence-corrected chi connectivity index (χ0v) is 8.70. The smallest absolute Gasteiger partial charge is 0.124 e. The summed E-state index contributed by atoms with van der Waals surface area (Å²) in [6, 6.07) is 4.66. The Hall–Kier alpha value is -1.42. The number of hydrogen-bond donors (Lipinski definition) is 1. The van der Waals surface area contributed by atoms with Crippen molar-refractivity contribution in [3.63, 3.8) is 0 Å². The van der Waals surface area contributed by atoms with Gasteiger partial charge in [0, 0.05) is 24.0 Å². The third kappa shape index (κ3) is 1.72. The molecule has 0 unspecified atom stereocenters. The minimum atomic E-state index is -0.226. The molecule has 0 saturated heterocycles. The van der Waals surface area contributed by atoms with Gasteiger partial charge in [-0.3, -0.25) is 4.68 Å². The first-order valence-corrected chi connectivity index (χ1v) is 5.11. The normalized spacial score (nSPS) is 11.1. The molecule has 0 fully saturated rings. The van der Waals surface area contributed by atoms with E-state index in [1.807, 2.05) is 11.6 Å². The van der Waals surface area contributed by atoms with Crippen molar-refractivity contribution in [2.75, 3.05) is 6.54 Å². The third-order valence-electron chi connectivity index (χ3n) is 2.49. The topological polar surface area (TPSA) is 43.8 Å². The van der Waals surface area contributed by atoms with E-state index in [1.165, 1.54) is 12.1 Å². The molecule has 0 radical (unpaired) electrons. The molecule has 1 heterocycles. The second kappa shape index (κ2) is 3.98. The molecule has 0 spiro atoms. The zero-order chi connectivity index (χ0) is 10.8. The molecule has 1 aromatic carbocycles. The fraction of sp³-hybridized carbons (Fsp3) is 0.364. The maximum Gasteiger partial charge on any atom is 0.124 e. The molecule has 0 saturated carbocycles. The van der Waals surface area contributed by atoms with Crippen molar-refractivity contribution in [3.05, 3.63) is 29.7 Å². The van der Waals surface area contributed by atoms with E-state index in [0.717, 1.165) is 29.6 Å². The molecule has 0 amide bonds. The van der Waals surface area contributed by atoms with Crippen LogP contribution < -0.4 is 5.73 Å². The van der Waals surface area contributed by atoms with E-state index in [9.17, 15) is 4.39 Å². The number of fused-ring (bicyclic) bond motifs is 1. The molecule has 0 bridgehead atoms. The van der Waals surface area contributed by atoms with Crippen LogP contribution in [0.25, 0.3) is 10.9 Å². The molecule has 15 heavy (non-hydrogen) atoms. The first-order valence-electron chi connectivity index (χ1n) is 5.11. The number of halogens is 1. The SMILES string of the molecule is CCn1nc2ccc(F)cc2c1CCN. The molecule has 2 aromatic rings. The summed E-state index contributed by atoms with van der Waals surface area (Å²) in [6.07, 6.45) is 0.730. The molecule has 0 aliphatic carbocycles. The Labute approximate surface area is 87.7 Å². The molecule has 0 atom stereocenters. The molecule has 3 nitrogen and oxygen atoms in total. The summed E-state index contributed by atoms with van der Waals surface area (Å²) in [5.41, 5.74) is 7.40. The van der Waals surface area contributed by atoms with Gasteiger partial charge < -0.3 is 5.73 Å². The highest BCUT2D eigenvalue weighted by molar-refractivity contribution is 5.81. The van der Waals surface area contributed by atoms with Gasteiger partial charge in [-0.05, 0) is 31.7 Å². The largest absolute Gasteiger partial charge is 0.330 e. The third-order valence-corrected chi connectivity index (χ3v) is 2.49. The number of nitrogens with zero attached hydrogens (tertiary/aromatic N) is 2. The molecule has 1 aromatic heterocycles. The number of rotatable bonds is 3. The van der Waals surface area contributed by atoms with Gasteiger partial charge in [-0.15, -0.1) is 0 Å². The van der Waals surface area contributed by atoms with Crippen molar-refractivity contribution in [2.45, 2.75) is 19.9 Å². The minimum Gasteiger partial charge on any atom is -0.330 e. The van der Waals surface area contributed by atoms with Crippen LogP contribution in [-0.2, 0) is 13.0 Å². The Balaban J connectivity index is 2.65. The quantitative estimate of drug-likeness (QED) is 0.832. The fourth-order valence-corrected chi connectivity index (χ4v) is 1.82. The first-order chi connectivity index (χ1) is 7.26. The lowest BCUT2D eigenvalue weighted by molar-refractivity contribution is 0.626. The molecule has 4 heteroatoms. The van der Waals surface area contributed by atoms with Gasteiger partial charge in [0.05, 0.1) is 5.52 Å². The highest BCUT2D eigenvalue weighted by atomic mass is 19.1. The Bertz CT molecular complexity index is 476. The van der Waals surface area contributed by atoms with Gasteiger partial charge in [0.15, 0.2) is 0 Å². The van der Waals surface area contributed by atoms with E-state index in [4.69, 9.17) is 5.73 Å². The lowest BCUT2D eigenvalue weighted by Gasteiger charge is -2.02. The van der Waals surface area contributed by atoms with Gasteiger partial charge in [0.1, 0.15) is 5.82 Å². The highest BCUT2D eigenvalue weighted by Gasteiger charge is 2.09. The van der Waals surface area contributed by atoms with Crippen LogP contribution >= 0.6 is 0 Å². The van der Waals surface area contributed by atoms with Gasteiger partial charge in [0.2, 0.25) is 0 Å². The minimum absolute atomic E-state index is 0.226. The van der Waals surface area contributed by atoms with Crippen molar-refractivity contribution in [1.82, 2.24) is 9.78 Å². The number of aryl methyl sites for hydroxylation is 1. The summed E-state index contributed by atoms with van der Waals surface area (Å²) in [6.45, 7) is 3.35. The number of aromatic nitrogens is 2. The van der Waals surface area contributed by atoms with Crippen LogP contribution in [0.1, 0.15) is 12.6 Å². The average Bonchev–Trinajstić information content (AvgIpc) is 2.57. The van der Waals surface area contributed by atoms with Crippen LogP contribution in [0.4, 0.5) is 4.39 Å². The molecule has 2 N–H and O–H groups in total. The van der Waals surface area contributed by atoms with Gasteiger partial charge >= 0.3 is 0 Å². The Kier molecular flexibility index (Phi) is 2.68. The van der Waals surface area contributed by atoms with Crippen LogP contribution in [0.15, 0.2) is 18.2 Å². The second-order valence-corrected chi connectivity index (χ2v) is 3.46. The maximum atomic E-state index is 13.1. The first kappa shape index (κ1) is 10.1. The maximum absolute atomic E-state index is 13.1. The Morgan fingerprint density at radius 1 is 1.47 bits per heavy atom. The van der Waals surface area contributed by atoms with Crippen LogP contribution in [0.2, 0.25) is 0 Å². The lowest BCUT2D eigenvalue weighted by atomic mass is 10.1. The van der Waals surface area contributed by atoms with E-state index >= 15 is 0 Å². The van der Waals surface area contributed by atoms with Gasteiger partial charge in [0.25, 0.3) is 0 Å². The molecular weight excluding hydrogens is 193 g/mol. The van der Waals surface area contributed by atoms with Crippen molar-refractivity contribution < 1.29 is 4.39 Å². The van der Waals surface area contributed by atoms with Crippen LogP contribution in [0.3, 0.4) is 0 Å². The summed E-state index contributed by atoms with van der Waals surface area (Å²) in [4.78, 5) is 0. The van der Waals surface area contributed by atoms with Crippen LogP contribution in [0.5, 0.6) is 0 Å². The summed E-state index contributed by atoms with van der Waals surface area (Å²) in [5.74, 6) is -0.226. The van der Waals surface area contributed by atoms with Crippen LogP contribution in [0, 0.1) is 5.82 Å². The summed E-state index contributed by atoms with van der Waals surface area (Å²) < 4.78 is 15.0. The van der Waals surface area contributed by atoms with Crippen molar-refractivity contribution in [3.8, 4) is 0 Å². The lowest BCUT2D eigenvalue weighted by Crippen LogP contribution is -2.09. The van der Waals surface area contributed by atoms with Crippen LogP contribution in [-0.4, -0.2) is 16.3 Å². The van der Waals surface area contributed by atoms with Crippen molar-refractivity contribution >= 4 is 10.9 Å². The summed E-state index contributed by atoms with van der Waals surface area (Å²) in [7, 11) is 0. The van der Waals surface area contributed by atoms with Gasteiger partial charge in [-0.1, -0.05) is 0 Å². The van der Waals surface area contributed by atoms with E-state index in [2.05, 4.69) is 5.10 Å². The highest BCUT2D eigenvalue weighted by Crippen LogP contribution is 2.19. The zero-order valence-electron chi connectivity index (χ0n) is 8.70. The molecular formula is C11H14FN3. The molecule has 0 aliphatic rings. The molecule has 2 rings (SSSR count). The predicted octanol–water partition coefficient (Wildman–Crippen LogP) is 1.70. The Morgan fingerprint density at radius 2 is 2.27 bits per heavy atom. The van der Waals surface area contributed by atoms with Gasteiger partial charge in [-0.25, -0.2) is 4.39 Å². The number of nitrogens with two attached hydrogens (primary N) is 1. The van der Waals surface area contributed by atoms with Crippen molar-refractivity contribution in [1.29, 1.82) is 0 Å². The van der Waals surface area contributed by atoms with E-state index in [0.29, 0.717) is 6.54 Å². The van der Waals surface area contributed by atoms with Gasteiger partial charge in [-0.2, -0.15) is 5.10 Å². The van der Waals surface area contributed by atoms with E-state index in [1.54, 1.807) is 6.07 Å². The summed E-state index contributed by atoms with van der Waals surface area (Å²) >= 11 is 0.